The molecule has 0 unspecified atom stereocenters. The first-order chi connectivity index (χ1) is 17.8. The predicted molar refractivity (Wildman–Crippen MR) is 142 cm³/mol. The number of hydrogen-bond donors (Lipinski definition) is 2. The van der Waals surface area contributed by atoms with Gasteiger partial charge in [0.05, 0.1) is 17.5 Å². The van der Waals surface area contributed by atoms with Crippen molar-refractivity contribution in [1.29, 1.82) is 0 Å². The van der Waals surface area contributed by atoms with Crippen LogP contribution in [0.5, 0.6) is 0 Å². The van der Waals surface area contributed by atoms with Crippen molar-refractivity contribution in [2.24, 2.45) is 0 Å². The van der Waals surface area contributed by atoms with E-state index in [-0.39, 0.29) is 44.6 Å². The second-order valence-electron chi connectivity index (χ2n) is 8.83. The van der Waals surface area contributed by atoms with Crippen LogP contribution in [0.4, 0.5) is 22.0 Å². The molecule has 0 atom stereocenters. The fraction of sp³-hybridized carbons (Fsp3) is 0.148. The summed E-state index contributed by atoms with van der Waals surface area (Å²) in [6, 6.07) is 15.0. The van der Waals surface area contributed by atoms with Gasteiger partial charge in [-0.2, -0.15) is 5.10 Å². The Hall–Kier alpha value is -3.76. The molecule has 3 heterocycles. The molecule has 0 bridgehead atoms. The maximum atomic E-state index is 13.1. The number of rotatable bonds is 7. The van der Waals surface area contributed by atoms with Crippen LogP contribution in [-0.4, -0.2) is 30.5 Å². The summed E-state index contributed by atoms with van der Waals surface area (Å²) in [6.07, 6.45) is 3.45. The number of hydrogen-bond acceptors (Lipinski definition) is 6. The Morgan fingerprint density at radius 2 is 1.95 bits per heavy atom. The Labute approximate surface area is 243 Å². The van der Waals surface area contributed by atoms with Crippen molar-refractivity contribution in [1.82, 2.24) is 24.6 Å². The van der Waals surface area contributed by atoms with Crippen LogP contribution in [0.3, 0.4) is 0 Å². The van der Waals surface area contributed by atoms with E-state index in [4.69, 9.17) is 5.73 Å². The van der Waals surface area contributed by atoms with E-state index >= 15 is 0 Å². The zero-order chi connectivity index (χ0) is 26.1. The Bertz CT molecular complexity index is 1670. The van der Waals surface area contributed by atoms with Crippen molar-refractivity contribution in [3.05, 3.63) is 90.2 Å². The molecule has 1 radical (unpaired) electrons. The number of carbonyl (C=O) groups is 1. The largest absolute Gasteiger partial charge is 0.410 e. The smallest absolute Gasteiger partial charge is 0.283 e. The molecule has 3 aromatic heterocycles. The fourth-order valence-electron chi connectivity index (χ4n) is 4.17. The molecule has 0 saturated heterocycles. The van der Waals surface area contributed by atoms with Gasteiger partial charge in [0, 0.05) is 73.6 Å². The first kappa shape index (κ1) is 27.3. The maximum absolute atomic E-state index is 13.1. The second-order valence-corrected chi connectivity index (χ2v) is 8.83. The summed E-state index contributed by atoms with van der Waals surface area (Å²) in [5.41, 5.74) is 12.7. The molecule has 5 rings (SSSR count). The number of carbonyl (C=O) groups excluding carboxylic acids is 1. The summed E-state index contributed by atoms with van der Waals surface area (Å²) < 4.78 is 14.7. The molecule has 38 heavy (non-hydrogen) atoms. The third-order valence-electron chi connectivity index (χ3n) is 6.00. The Kier molecular flexibility index (Phi) is 8.13. The molecule has 9 nitrogen and oxygen atoms in total. The third kappa shape index (κ3) is 5.41. The molecule has 0 aliphatic rings. The van der Waals surface area contributed by atoms with E-state index in [1.165, 1.54) is 0 Å². The van der Waals surface area contributed by atoms with Crippen LogP contribution in [0.2, 0.25) is 0 Å². The summed E-state index contributed by atoms with van der Waals surface area (Å²) in [6.45, 7) is 7.54. The molecule has 11 heteroatoms. The van der Waals surface area contributed by atoms with Crippen LogP contribution in [0, 0.1) is 0 Å². The molecule has 1 amide bonds. The molecule has 0 aliphatic heterocycles. The van der Waals surface area contributed by atoms with Crippen LogP contribution in [0.1, 0.15) is 30.9 Å². The summed E-state index contributed by atoms with van der Waals surface area (Å²) in [5.74, 6) is -1.37. The van der Waals surface area contributed by atoms with Crippen molar-refractivity contribution in [2.75, 3.05) is 10.6 Å². The van der Waals surface area contributed by atoms with Gasteiger partial charge in [-0.15, -0.1) is 0 Å². The van der Waals surface area contributed by atoms with E-state index in [9.17, 15) is 9.18 Å². The Morgan fingerprint density at radius 1 is 1.16 bits per heavy atom. The van der Waals surface area contributed by atoms with Gasteiger partial charge in [-0.3, -0.25) is 9.78 Å². The van der Waals surface area contributed by atoms with Gasteiger partial charge in [0.1, 0.15) is 0 Å². The second kappa shape index (κ2) is 11.3. The molecule has 0 spiro atoms. The van der Waals surface area contributed by atoms with Crippen LogP contribution < -0.4 is 10.6 Å². The minimum atomic E-state index is -1.05. The van der Waals surface area contributed by atoms with Crippen LogP contribution in [-0.2, 0) is 44.0 Å². The summed E-state index contributed by atoms with van der Waals surface area (Å²) in [5, 5.41) is 11.9. The number of fused-ring (bicyclic) bond motifs is 2. The number of amides is 1. The first-order valence-electron chi connectivity index (χ1n) is 11.7. The number of pyridine rings is 1. The van der Waals surface area contributed by atoms with Crippen LogP contribution in [0.15, 0.2) is 73.3 Å². The maximum Gasteiger partial charge on any atom is 0.283 e. The molecule has 2 aromatic carbocycles. The molecule has 189 valence electrons. The molecule has 3 N–H and O–H groups in total. The number of nitrogens with one attached hydrogen (secondary N) is 3. The number of aromatic nitrogens is 5. The monoisotopic (exact) mass is 584 g/mol. The average molecular weight is 584 g/mol. The van der Waals surface area contributed by atoms with Crippen molar-refractivity contribution >= 4 is 39.9 Å². The van der Waals surface area contributed by atoms with Gasteiger partial charge >= 0.3 is 0 Å². The zero-order valence-electron chi connectivity index (χ0n) is 20.9. The van der Waals surface area contributed by atoms with Crippen molar-refractivity contribution in [3.8, 4) is 11.3 Å². The Morgan fingerprint density at radius 3 is 2.71 bits per heavy atom. The van der Waals surface area contributed by atoms with E-state index in [2.05, 4.69) is 51.1 Å². The van der Waals surface area contributed by atoms with Gasteiger partial charge in [-0.1, -0.05) is 50.8 Å². The zero-order valence-corrected chi connectivity index (χ0v) is 23.7. The Balaban J connectivity index is 0.00000336. The van der Waals surface area contributed by atoms with Gasteiger partial charge in [0.25, 0.3) is 5.91 Å². The first-order valence-corrected chi connectivity index (χ1v) is 11.7. The molecule has 0 aliphatic carbocycles. The number of halogens is 1. The average Bonchev–Trinajstić information content (AvgIpc) is 3.31. The van der Waals surface area contributed by atoms with Gasteiger partial charge < -0.3 is 26.3 Å². The summed E-state index contributed by atoms with van der Waals surface area (Å²) >= 11 is 0. The van der Waals surface area contributed by atoms with Crippen LogP contribution in [0.25, 0.3) is 33.4 Å². The van der Waals surface area contributed by atoms with Crippen molar-refractivity contribution in [2.45, 2.75) is 26.3 Å². The standard InChI is InChI=1S/C27H25FN8O.Y/c1-15(2)22-14-32-36-24(22)34-26(29)35-27(36)31-13-18-6-4-5-7-20(18)23-21-9-8-19(33-25(37)16(3)28)12-17(21)10-11-30-23;/h4-12,14-15H,3,13H2,1-2H3,(H4,29,30,31,32,33,34,35,37);/p-1. The normalized spacial score (nSPS) is 10.9. The van der Waals surface area contributed by atoms with E-state index in [0.29, 0.717) is 23.8 Å². The summed E-state index contributed by atoms with van der Waals surface area (Å²) in [7, 11) is 0. The van der Waals surface area contributed by atoms with E-state index < -0.39 is 11.7 Å². The summed E-state index contributed by atoms with van der Waals surface area (Å²) in [4.78, 5) is 24.8. The molecule has 5 aromatic rings. The van der Waals surface area contributed by atoms with E-state index in [1.807, 2.05) is 36.4 Å². The minimum Gasteiger partial charge on any atom is -0.410 e. The molecule has 0 saturated carbocycles. The quantitative estimate of drug-likeness (QED) is 0.221. The predicted octanol–water partition coefficient (Wildman–Crippen LogP) is 6.18. The minimum absolute atomic E-state index is 0. The van der Waals surface area contributed by atoms with Gasteiger partial charge in [0.15, 0.2) is 11.8 Å². The topological polar surface area (TPSA) is 121 Å². The number of nitrogens with zero attached hydrogens (tertiary/aromatic N) is 5. The number of anilines is 2. The van der Waals surface area contributed by atoms with Gasteiger partial charge in [-0.05, 0) is 35.1 Å². The molecular weight excluding hydrogens is 560 g/mol. The van der Waals surface area contributed by atoms with Crippen LogP contribution >= 0.6 is 0 Å². The molecular formula is C27H24FN8OY-. The SMILES string of the molecule is C=C(F)C(=O)Nc1ccc2c(-c3ccccc3CNc3nc([NH-])nc4c(C(C)C)cnn34)nccc2c1.[Y]. The van der Waals surface area contributed by atoms with Gasteiger partial charge in [-0.25, -0.2) is 8.91 Å². The molecule has 0 fully saturated rings. The van der Waals surface area contributed by atoms with Crippen molar-refractivity contribution < 1.29 is 41.9 Å². The van der Waals surface area contributed by atoms with E-state index in [0.717, 1.165) is 33.2 Å². The fourth-order valence-corrected chi connectivity index (χ4v) is 4.17. The van der Waals surface area contributed by atoms with E-state index in [1.54, 1.807) is 29.0 Å². The number of benzene rings is 2. The van der Waals surface area contributed by atoms with Crippen molar-refractivity contribution in [3.63, 3.8) is 0 Å². The van der Waals surface area contributed by atoms with Gasteiger partial charge in [0.2, 0.25) is 0 Å². The third-order valence-corrected chi connectivity index (χ3v) is 6.00.